The molecule has 1 N–H and O–H groups in total. The average Bonchev–Trinajstić information content (AvgIpc) is 3.11. The molecule has 0 aliphatic carbocycles. The van der Waals surface area contributed by atoms with Gasteiger partial charge in [0.05, 0.1) is 4.88 Å². The van der Waals surface area contributed by atoms with E-state index in [0.29, 0.717) is 11.7 Å². The summed E-state index contributed by atoms with van der Waals surface area (Å²) in [6, 6.07) is 7.82. The van der Waals surface area contributed by atoms with E-state index in [1.54, 1.807) is 0 Å². The monoisotopic (exact) mass is 358 g/mol. The number of aryl methyl sites for hydroxylation is 1. The molecule has 0 bridgehead atoms. The number of hydrogen-bond donors (Lipinski definition) is 1. The van der Waals surface area contributed by atoms with Crippen LogP contribution in [0.1, 0.15) is 46.1 Å². The smallest absolute Gasteiger partial charge is 0.264 e. The minimum Gasteiger partial charge on any atom is -0.508 e. The summed E-state index contributed by atoms with van der Waals surface area (Å²) in [5.74, 6) is 0.952. The van der Waals surface area contributed by atoms with E-state index < -0.39 is 0 Å². The number of phenols is 1. The second kappa shape index (κ2) is 7.58. The highest BCUT2D eigenvalue weighted by atomic mass is 32.1. The second-order valence-electron chi connectivity index (χ2n) is 7.04. The van der Waals surface area contributed by atoms with Crippen LogP contribution in [-0.2, 0) is 6.54 Å². The summed E-state index contributed by atoms with van der Waals surface area (Å²) >= 11 is 1.50. The molecule has 1 aliphatic rings. The van der Waals surface area contributed by atoms with E-state index in [4.69, 9.17) is 0 Å². The number of amides is 1. The molecule has 2 heterocycles. The normalized spacial score (nSPS) is 15.8. The Morgan fingerprint density at radius 2 is 1.96 bits per heavy atom. The molecule has 5 heteroatoms. The van der Waals surface area contributed by atoms with Crippen molar-refractivity contribution in [3.63, 3.8) is 0 Å². The van der Waals surface area contributed by atoms with E-state index in [1.165, 1.54) is 16.9 Å². The molecular weight excluding hydrogens is 332 g/mol. The lowest BCUT2D eigenvalue weighted by Crippen LogP contribution is -2.48. The van der Waals surface area contributed by atoms with E-state index in [9.17, 15) is 9.90 Å². The topological polar surface area (TPSA) is 43.8 Å². The van der Waals surface area contributed by atoms with Crippen molar-refractivity contribution >= 4 is 17.2 Å². The van der Waals surface area contributed by atoms with Gasteiger partial charge in [-0.2, -0.15) is 0 Å². The van der Waals surface area contributed by atoms with Crippen molar-refractivity contribution in [2.24, 2.45) is 0 Å². The van der Waals surface area contributed by atoms with E-state index in [0.717, 1.165) is 48.7 Å². The second-order valence-corrected chi connectivity index (χ2v) is 7.99. The van der Waals surface area contributed by atoms with Gasteiger partial charge in [-0.15, -0.1) is 11.3 Å². The number of piperazine rings is 1. The Labute approximate surface area is 153 Å². The lowest BCUT2D eigenvalue weighted by Gasteiger charge is -2.34. The first-order valence-electron chi connectivity index (χ1n) is 8.83. The molecule has 1 aromatic carbocycles. The zero-order valence-corrected chi connectivity index (χ0v) is 16.0. The van der Waals surface area contributed by atoms with Gasteiger partial charge in [0, 0.05) is 38.3 Å². The predicted octanol–water partition coefficient (Wildman–Crippen LogP) is 3.84. The SMILES string of the molecule is Cc1cc(O)c(CN2CCN(C(=O)c3cccs3)CC2)cc1C(C)C. The quantitative estimate of drug-likeness (QED) is 0.903. The zero-order chi connectivity index (χ0) is 18.0. The Kier molecular flexibility index (Phi) is 5.45. The number of carbonyl (C=O) groups excluding carboxylic acids is 1. The highest BCUT2D eigenvalue weighted by Gasteiger charge is 2.23. The number of carbonyl (C=O) groups is 1. The molecule has 1 aromatic heterocycles. The summed E-state index contributed by atoms with van der Waals surface area (Å²) in [5, 5.41) is 12.2. The largest absolute Gasteiger partial charge is 0.508 e. The van der Waals surface area contributed by atoms with Gasteiger partial charge in [-0.3, -0.25) is 9.69 Å². The Morgan fingerprint density at radius 1 is 1.24 bits per heavy atom. The number of rotatable bonds is 4. The molecule has 0 unspecified atom stereocenters. The maximum absolute atomic E-state index is 12.4. The van der Waals surface area contributed by atoms with Gasteiger partial charge in [0.25, 0.3) is 5.91 Å². The summed E-state index contributed by atoms with van der Waals surface area (Å²) in [4.78, 5) is 17.5. The highest BCUT2D eigenvalue weighted by Crippen LogP contribution is 2.28. The molecule has 3 rings (SSSR count). The molecule has 1 fully saturated rings. The maximum atomic E-state index is 12.4. The minimum absolute atomic E-state index is 0.134. The van der Waals surface area contributed by atoms with Crippen LogP contribution in [0.2, 0.25) is 0 Å². The average molecular weight is 359 g/mol. The number of aromatic hydroxyl groups is 1. The van der Waals surface area contributed by atoms with Gasteiger partial charge in [0.1, 0.15) is 5.75 Å². The third-order valence-electron chi connectivity index (χ3n) is 4.87. The van der Waals surface area contributed by atoms with Gasteiger partial charge in [0.15, 0.2) is 0 Å². The highest BCUT2D eigenvalue weighted by molar-refractivity contribution is 7.12. The third kappa shape index (κ3) is 4.05. The van der Waals surface area contributed by atoms with Gasteiger partial charge in [0.2, 0.25) is 0 Å². The summed E-state index contributed by atoms with van der Waals surface area (Å²) < 4.78 is 0. The van der Waals surface area contributed by atoms with Crippen LogP contribution in [0.15, 0.2) is 29.6 Å². The van der Waals surface area contributed by atoms with Gasteiger partial charge in [-0.1, -0.05) is 26.0 Å². The van der Waals surface area contributed by atoms with Crippen LogP contribution in [0.25, 0.3) is 0 Å². The van der Waals surface area contributed by atoms with Crippen molar-refractivity contribution in [3.8, 4) is 5.75 Å². The van der Waals surface area contributed by atoms with E-state index >= 15 is 0 Å². The van der Waals surface area contributed by atoms with Crippen molar-refractivity contribution in [1.29, 1.82) is 0 Å². The molecule has 1 amide bonds. The minimum atomic E-state index is 0.134. The Morgan fingerprint density at radius 3 is 2.56 bits per heavy atom. The lowest BCUT2D eigenvalue weighted by atomic mass is 9.95. The Bertz CT molecular complexity index is 732. The molecule has 25 heavy (non-hydrogen) atoms. The summed E-state index contributed by atoms with van der Waals surface area (Å²) in [6.45, 7) is 10.3. The summed E-state index contributed by atoms with van der Waals surface area (Å²) in [5.41, 5.74) is 3.41. The molecule has 0 spiro atoms. The zero-order valence-electron chi connectivity index (χ0n) is 15.2. The predicted molar refractivity (Wildman–Crippen MR) is 102 cm³/mol. The fourth-order valence-corrected chi connectivity index (χ4v) is 4.10. The van der Waals surface area contributed by atoms with Crippen molar-refractivity contribution in [1.82, 2.24) is 9.80 Å². The summed E-state index contributed by atoms with van der Waals surface area (Å²) in [7, 11) is 0. The molecule has 0 saturated carbocycles. The maximum Gasteiger partial charge on any atom is 0.264 e. The van der Waals surface area contributed by atoms with Crippen LogP contribution in [0, 0.1) is 6.92 Å². The summed E-state index contributed by atoms with van der Waals surface area (Å²) in [6.07, 6.45) is 0. The van der Waals surface area contributed by atoms with Crippen LogP contribution in [0.3, 0.4) is 0 Å². The fourth-order valence-electron chi connectivity index (χ4n) is 3.41. The van der Waals surface area contributed by atoms with Crippen LogP contribution in [0.5, 0.6) is 5.75 Å². The first-order chi connectivity index (χ1) is 12.0. The van der Waals surface area contributed by atoms with Crippen molar-refractivity contribution in [2.45, 2.75) is 33.2 Å². The number of hydrogen-bond acceptors (Lipinski definition) is 4. The number of phenolic OH excluding ortho intramolecular Hbond substituents is 1. The molecule has 1 aliphatic heterocycles. The molecule has 0 atom stereocenters. The van der Waals surface area contributed by atoms with Crippen molar-refractivity contribution < 1.29 is 9.90 Å². The van der Waals surface area contributed by atoms with Crippen molar-refractivity contribution in [3.05, 3.63) is 51.2 Å². The van der Waals surface area contributed by atoms with E-state index in [2.05, 4.69) is 24.8 Å². The first kappa shape index (κ1) is 18.0. The van der Waals surface area contributed by atoms with Crippen LogP contribution >= 0.6 is 11.3 Å². The van der Waals surface area contributed by atoms with Crippen LogP contribution in [0.4, 0.5) is 0 Å². The first-order valence-corrected chi connectivity index (χ1v) is 9.71. The molecule has 0 radical (unpaired) electrons. The fraction of sp³-hybridized carbons (Fsp3) is 0.450. The molecule has 4 nitrogen and oxygen atoms in total. The third-order valence-corrected chi connectivity index (χ3v) is 5.73. The van der Waals surface area contributed by atoms with E-state index in [1.807, 2.05) is 35.4 Å². The number of nitrogens with zero attached hydrogens (tertiary/aromatic N) is 2. The molecule has 134 valence electrons. The van der Waals surface area contributed by atoms with E-state index in [-0.39, 0.29) is 5.91 Å². The Balaban J connectivity index is 1.63. The number of benzene rings is 1. The van der Waals surface area contributed by atoms with Crippen molar-refractivity contribution in [2.75, 3.05) is 26.2 Å². The van der Waals surface area contributed by atoms with Gasteiger partial charge in [-0.25, -0.2) is 0 Å². The Hall–Kier alpha value is -1.85. The van der Waals surface area contributed by atoms with Gasteiger partial charge < -0.3 is 10.0 Å². The van der Waals surface area contributed by atoms with Gasteiger partial charge in [-0.05, 0) is 41.5 Å². The van der Waals surface area contributed by atoms with Crippen LogP contribution in [-0.4, -0.2) is 47.0 Å². The van der Waals surface area contributed by atoms with Crippen LogP contribution < -0.4 is 0 Å². The standard InChI is InChI=1S/C20H26N2O2S/c1-14(2)17-12-16(18(23)11-15(17)3)13-21-6-8-22(9-7-21)20(24)19-5-4-10-25-19/h4-5,10-12,14,23H,6-9,13H2,1-3H3. The van der Waals surface area contributed by atoms with Gasteiger partial charge >= 0.3 is 0 Å². The lowest BCUT2D eigenvalue weighted by molar-refractivity contribution is 0.0632. The molecule has 2 aromatic rings. The molecular formula is C20H26N2O2S. The molecule has 1 saturated heterocycles. The number of thiophene rings is 1.